The van der Waals surface area contributed by atoms with Gasteiger partial charge in [-0.05, 0) is 69.4 Å². The largest absolute Gasteiger partial charge is 0.477 e. The molecule has 0 aliphatic rings. The van der Waals surface area contributed by atoms with Crippen molar-refractivity contribution in [2.24, 2.45) is 0 Å². The van der Waals surface area contributed by atoms with E-state index in [9.17, 15) is 9.90 Å². The second-order valence-electron chi connectivity index (χ2n) is 12.3. The Labute approximate surface area is 302 Å². The molecule has 0 unspecified atom stereocenters. The van der Waals surface area contributed by atoms with Gasteiger partial charge in [0.1, 0.15) is 17.2 Å². The van der Waals surface area contributed by atoms with Gasteiger partial charge < -0.3 is 14.1 Å². The molecule has 0 saturated heterocycles. The molecule has 1 N–H and O–H groups in total. The Morgan fingerprint density at radius 2 is 1.35 bits per heavy atom. The predicted octanol–water partition coefficient (Wildman–Crippen LogP) is 8.92. The molecule has 3 heterocycles. The summed E-state index contributed by atoms with van der Waals surface area (Å²) in [7, 11) is 0. The molecule has 9 nitrogen and oxygen atoms in total. The Morgan fingerprint density at radius 3 is 1.94 bits per heavy atom. The predicted molar refractivity (Wildman–Crippen MR) is 199 cm³/mol. The maximum absolute atomic E-state index is 12.0. The van der Waals surface area contributed by atoms with Gasteiger partial charge in [0.2, 0.25) is 5.82 Å². The first-order valence-corrected chi connectivity index (χ1v) is 17.2. The summed E-state index contributed by atoms with van der Waals surface area (Å²) in [5.41, 5.74) is 5.88. The molecule has 0 amide bonds. The van der Waals surface area contributed by atoms with Crippen molar-refractivity contribution in [2.75, 3.05) is 0 Å². The second kappa shape index (κ2) is 13.0. The Balaban J connectivity index is 1.24. The fraction of sp³-hybridized carbons (Fsp3) is 0.0976. The summed E-state index contributed by atoms with van der Waals surface area (Å²) >= 11 is 3.83. The number of tetrazole rings is 1. The maximum Gasteiger partial charge on any atom is 0.354 e. The Morgan fingerprint density at radius 1 is 0.784 bits per heavy atom. The van der Waals surface area contributed by atoms with Crippen LogP contribution in [0.15, 0.2) is 142 Å². The van der Waals surface area contributed by atoms with E-state index in [1.54, 1.807) is 16.3 Å². The van der Waals surface area contributed by atoms with Gasteiger partial charge in [-0.1, -0.05) is 121 Å². The molecular weight excluding hydrogens is 704 g/mol. The lowest BCUT2D eigenvalue weighted by Crippen LogP contribution is -2.39. The van der Waals surface area contributed by atoms with Crippen molar-refractivity contribution in [1.29, 1.82) is 0 Å². The highest BCUT2D eigenvalue weighted by Gasteiger charge is 2.41. The van der Waals surface area contributed by atoms with Gasteiger partial charge in [0, 0.05) is 23.1 Å². The van der Waals surface area contributed by atoms with E-state index < -0.39 is 11.5 Å². The number of fused-ring (bicyclic) bond motifs is 1. The monoisotopic (exact) mass is 734 g/mol. The van der Waals surface area contributed by atoms with Crippen molar-refractivity contribution in [2.45, 2.75) is 25.9 Å². The van der Waals surface area contributed by atoms with Crippen molar-refractivity contribution in [3.05, 3.63) is 177 Å². The van der Waals surface area contributed by atoms with Gasteiger partial charge in [-0.25, -0.2) is 9.78 Å². The summed E-state index contributed by atoms with van der Waals surface area (Å²) in [5, 5.41) is 25.2. The van der Waals surface area contributed by atoms with E-state index in [0.717, 1.165) is 43.2 Å². The number of carbonyl (C=O) groups is 1. The van der Waals surface area contributed by atoms with E-state index in [-0.39, 0.29) is 5.69 Å². The van der Waals surface area contributed by atoms with Crippen LogP contribution in [0.3, 0.4) is 0 Å². The van der Waals surface area contributed by atoms with Crippen molar-refractivity contribution in [3.63, 3.8) is 0 Å². The molecule has 0 spiro atoms. The molecule has 0 saturated carbocycles. The molecule has 0 radical (unpaired) electrons. The quantitative estimate of drug-likeness (QED) is 0.147. The molecule has 10 heteroatoms. The molecule has 0 aliphatic heterocycles. The fourth-order valence-corrected chi connectivity index (χ4v) is 7.57. The summed E-state index contributed by atoms with van der Waals surface area (Å²) in [6.07, 6.45) is 0. The minimum Gasteiger partial charge on any atom is -0.477 e. The topological polar surface area (TPSA) is 112 Å². The zero-order chi connectivity index (χ0) is 35.1. The average Bonchev–Trinajstić information content (AvgIpc) is 3.85. The molecule has 8 aromatic rings. The molecule has 0 atom stereocenters. The smallest absolute Gasteiger partial charge is 0.354 e. The highest BCUT2D eigenvalue weighted by molar-refractivity contribution is 9.10. The van der Waals surface area contributed by atoms with Gasteiger partial charge in [0.15, 0.2) is 11.2 Å². The van der Waals surface area contributed by atoms with Gasteiger partial charge >= 0.3 is 5.97 Å². The zero-order valence-corrected chi connectivity index (χ0v) is 29.3. The molecule has 3 aromatic heterocycles. The third-order valence-electron chi connectivity index (χ3n) is 9.27. The summed E-state index contributed by atoms with van der Waals surface area (Å²) in [5.74, 6) is 0.701. The minimum atomic E-state index is -1.00. The number of hydrogen-bond donors (Lipinski definition) is 1. The highest BCUT2D eigenvalue weighted by atomic mass is 79.9. The molecule has 8 rings (SSSR count). The maximum atomic E-state index is 12.0. The summed E-state index contributed by atoms with van der Waals surface area (Å²) < 4.78 is 8.97. The van der Waals surface area contributed by atoms with Crippen molar-refractivity contribution >= 4 is 32.9 Å². The van der Waals surface area contributed by atoms with Crippen LogP contribution in [0.2, 0.25) is 0 Å². The number of aromatic nitrogens is 6. The standard InChI is InChI=1S/C41H31BrN6O3/c1-26-37(40(49)50)47(27(2)43-26)25-28-22-23-35-34(24-28)36(42)38(51-35)32-20-12-13-21-33(32)39-44-46-48(45-39)41(29-14-6-3-7-15-29,30-16-8-4-9-17-30)31-18-10-5-11-19-31/h3-24H,25H2,1-2H3,(H,49,50). The van der Waals surface area contributed by atoms with Gasteiger partial charge in [-0.15, -0.1) is 15.0 Å². The van der Waals surface area contributed by atoms with Crippen molar-refractivity contribution < 1.29 is 14.3 Å². The van der Waals surface area contributed by atoms with Crippen LogP contribution in [-0.4, -0.2) is 40.8 Å². The van der Waals surface area contributed by atoms with Gasteiger partial charge in [0.05, 0.1) is 10.2 Å². The van der Waals surface area contributed by atoms with E-state index in [1.807, 2.05) is 104 Å². The number of rotatable bonds is 9. The summed E-state index contributed by atoms with van der Waals surface area (Å²) in [6.45, 7) is 3.88. The molecule has 250 valence electrons. The van der Waals surface area contributed by atoms with Crippen LogP contribution in [-0.2, 0) is 12.1 Å². The molecule has 0 fully saturated rings. The third kappa shape index (κ3) is 5.44. The van der Waals surface area contributed by atoms with Crippen molar-refractivity contribution in [3.8, 4) is 22.7 Å². The molecule has 51 heavy (non-hydrogen) atoms. The Hall–Kier alpha value is -6.13. The van der Waals surface area contributed by atoms with Gasteiger partial charge in [-0.3, -0.25) is 0 Å². The molecule has 0 aliphatic carbocycles. The molecule has 0 bridgehead atoms. The number of aromatic carboxylic acids is 1. The number of nitrogens with zero attached hydrogens (tertiary/aromatic N) is 6. The number of hydrogen-bond acceptors (Lipinski definition) is 6. The average molecular weight is 736 g/mol. The lowest BCUT2D eigenvalue weighted by molar-refractivity contribution is 0.0684. The number of aryl methyl sites for hydroxylation is 2. The van der Waals surface area contributed by atoms with E-state index in [4.69, 9.17) is 14.7 Å². The first-order valence-electron chi connectivity index (χ1n) is 16.4. The van der Waals surface area contributed by atoms with E-state index in [0.29, 0.717) is 35.2 Å². The molecule has 5 aromatic carbocycles. The van der Waals surface area contributed by atoms with Crippen LogP contribution in [0, 0.1) is 13.8 Å². The fourth-order valence-electron chi connectivity index (χ4n) is 6.97. The number of benzene rings is 5. The van der Waals surface area contributed by atoms with E-state index in [2.05, 4.69) is 62.4 Å². The minimum absolute atomic E-state index is 0.185. The number of halogens is 1. The highest BCUT2D eigenvalue weighted by Crippen LogP contribution is 2.43. The first-order chi connectivity index (χ1) is 24.9. The van der Waals surface area contributed by atoms with Crippen LogP contribution < -0.4 is 0 Å². The normalized spacial score (nSPS) is 11.7. The van der Waals surface area contributed by atoms with E-state index >= 15 is 0 Å². The third-order valence-corrected chi connectivity index (χ3v) is 10.1. The van der Waals surface area contributed by atoms with Gasteiger partial charge in [0.25, 0.3) is 0 Å². The SMILES string of the molecule is Cc1nc(C)n(Cc2ccc3oc(-c4ccccc4-c4nnn(C(c5ccccc5)(c5ccccc5)c5ccccc5)n4)c(Br)c3c2)c1C(=O)O. The summed E-state index contributed by atoms with van der Waals surface area (Å²) in [4.78, 5) is 18.1. The van der Waals surface area contributed by atoms with Crippen molar-refractivity contribution in [1.82, 2.24) is 29.8 Å². The molecular formula is C41H31BrN6O3. The first kappa shape index (κ1) is 32.1. The number of carboxylic acids is 1. The lowest BCUT2D eigenvalue weighted by Gasteiger charge is -2.34. The number of imidazole rings is 1. The number of carboxylic acid groups (broad SMARTS) is 1. The second-order valence-corrected chi connectivity index (χ2v) is 13.1. The lowest BCUT2D eigenvalue weighted by atomic mass is 9.77. The number of furan rings is 1. The van der Waals surface area contributed by atoms with E-state index in [1.165, 1.54) is 0 Å². The zero-order valence-electron chi connectivity index (χ0n) is 27.7. The van der Waals surface area contributed by atoms with Crippen LogP contribution in [0.25, 0.3) is 33.7 Å². The van der Waals surface area contributed by atoms with Gasteiger partial charge in [-0.2, -0.15) is 0 Å². The Kier molecular flexibility index (Phi) is 8.16. The Bertz CT molecular complexity index is 2430. The van der Waals surface area contributed by atoms with Crippen LogP contribution in [0.4, 0.5) is 0 Å². The van der Waals surface area contributed by atoms with Crippen LogP contribution in [0.1, 0.15) is 44.3 Å². The van der Waals surface area contributed by atoms with Crippen LogP contribution >= 0.6 is 15.9 Å². The van der Waals surface area contributed by atoms with Crippen LogP contribution in [0.5, 0.6) is 0 Å². The summed E-state index contributed by atoms with van der Waals surface area (Å²) in [6, 6.07) is 44.4.